The summed E-state index contributed by atoms with van der Waals surface area (Å²) >= 11 is 0. The number of hydrogen-bond donors (Lipinski definition) is 4. The van der Waals surface area contributed by atoms with Crippen LogP contribution in [0, 0.1) is 11.2 Å². The van der Waals surface area contributed by atoms with Crippen molar-refractivity contribution in [1.29, 1.82) is 5.41 Å². The molecule has 1 rings (SSSR count). The Labute approximate surface area is 141 Å². The molecular formula is C16H24FN5O2. The van der Waals surface area contributed by atoms with E-state index in [1.807, 2.05) is 19.0 Å². The van der Waals surface area contributed by atoms with E-state index in [9.17, 15) is 9.18 Å². The maximum absolute atomic E-state index is 14.3. The molecule has 0 fully saturated rings. The number of amides is 1. The third-order valence-electron chi connectivity index (χ3n) is 3.12. The molecule has 1 aromatic carbocycles. The lowest BCUT2D eigenvalue weighted by atomic mass is 10.1. The minimum atomic E-state index is -0.602. The molecule has 0 bridgehead atoms. The van der Waals surface area contributed by atoms with Crippen molar-refractivity contribution in [2.45, 2.75) is 0 Å². The van der Waals surface area contributed by atoms with E-state index in [0.29, 0.717) is 18.9 Å². The molecule has 0 saturated carbocycles. The standard InChI is InChI=1S/C16H24FN5O2/c1-20-10-16(23)21-14-7-13(17)12(11(8-18)9-19)6-15(14)24-5-4-22(2)3/h6-9,18,20H,4-5,10,19H2,1-3H3,(H,21,23)/b11-9+,18-8?. The molecule has 0 spiro atoms. The summed E-state index contributed by atoms with van der Waals surface area (Å²) < 4.78 is 20.0. The van der Waals surface area contributed by atoms with Crippen LogP contribution in [0.1, 0.15) is 5.56 Å². The van der Waals surface area contributed by atoms with Gasteiger partial charge in [0, 0.05) is 36.2 Å². The molecule has 1 aromatic rings. The fourth-order valence-electron chi connectivity index (χ4n) is 1.90. The molecule has 0 aliphatic carbocycles. The highest BCUT2D eigenvalue weighted by atomic mass is 19.1. The molecule has 7 nitrogen and oxygen atoms in total. The number of carbonyl (C=O) groups excluding carboxylic acids is 1. The van der Waals surface area contributed by atoms with Crippen LogP contribution in [0.15, 0.2) is 18.3 Å². The normalized spacial score (nSPS) is 11.5. The third kappa shape index (κ3) is 5.64. The van der Waals surface area contributed by atoms with E-state index in [-0.39, 0.29) is 29.3 Å². The second kappa shape index (κ2) is 9.64. The van der Waals surface area contributed by atoms with Crippen molar-refractivity contribution in [3.63, 3.8) is 0 Å². The minimum Gasteiger partial charge on any atom is -0.490 e. The number of halogens is 1. The highest BCUT2D eigenvalue weighted by Gasteiger charge is 2.15. The van der Waals surface area contributed by atoms with Crippen LogP contribution >= 0.6 is 0 Å². The van der Waals surface area contributed by atoms with E-state index in [4.69, 9.17) is 15.9 Å². The number of carbonyl (C=O) groups is 1. The summed E-state index contributed by atoms with van der Waals surface area (Å²) in [4.78, 5) is 13.7. The first kappa shape index (κ1) is 19.6. The first-order valence-electron chi connectivity index (χ1n) is 7.41. The highest BCUT2D eigenvalue weighted by molar-refractivity contribution is 6.08. The van der Waals surface area contributed by atoms with Gasteiger partial charge in [0.05, 0.1) is 12.2 Å². The molecule has 24 heavy (non-hydrogen) atoms. The maximum Gasteiger partial charge on any atom is 0.238 e. The van der Waals surface area contributed by atoms with Crippen LogP contribution in [-0.4, -0.2) is 57.9 Å². The Morgan fingerprint density at radius 2 is 2.17 bits per heavy atom. The zero-order chi connectivity index (χ0) is 18.1. The van der Waals surface area contributed by atoms with Crippen molar-refractivity contribution in [3.8, 4) is 5.75 Å². The first-order valence-corrected chi connectivity index (χ1v) is 7.41. The van der Waals surface area contributed by atoms with Crippen LogP contribution in [0.25, 0.3) is 5.57 Å². The van der Waals surface area contributed by atoms with Crippen molar-refractivity contribution in [1.82, 2.24) is 10.2 Å². The Hall–Kier alpha value is -2.45. The number of benzene rings is 1. The number of allylic oxidation sites excluding steroid dienone is 1. The molecule has 132 valence electrons. The molecule has 8 heteroatoms. The zero-order valence-corrected chi connectivity index (χ0v) is 14.1. The van der Waals surface area contributed by atoms with Crippen molar-refractivity contribution in [3.05, 3.63) is 29.7 Å². The zero-order valence-electron chi connectivity index (χ0n) is 14.1. The average Bonchev–Trinajstić information content (AvgIpc) is 2.51. The average molecular weight is 337 g/mol. The number of likely N-dealkylation sites (N-methyl/N-ethyl adjacent to an activating group) is 2. The van der Waals surface area contributed by atoms with Crippen molar-refractivity contribution < 1.29 is 13.9 Å². The van der Waals surface area contributed by atoms with Gasteiger partial charge in [-0.15, -0.1) is 0 Å². The topological polar surface area (TPSA) is 103 Å². The van der Waals surface area contributed by atoms with E-state index in [1.54, 1.807) is 7.05 Å². The van der Waals surface area contributed by atoms with Gasteiger partial charge >= 0.3 is 0 Å². The highest BCUT2D eigenvalue weighted by Crippen LogP contribution is 2.31. The molecule has 0 aromatic heterocycles. The Morgan fingerprint density at radius 1 is 1.46 bits per heavy atom. The molecule has 0 unspecified atom stereocenters. The summed E-state index contributed by atoms with van der Waals surface area (Å²) in [6.07, 6.45) is 2.11. The fraction of sp³-hybridized carbons (Fsp3) is 0.375. The van der Waals surface area contributed by atoms with Crippen molar-refractivity contribution in [2.75, 3.05) is 46.2 Å². The summed E-state index contributed by atoms with van der Waals surface area (Å²) in [7, 11) is 5.44. The summed E-state index contributed by atoms with van der Waals surface area (Å²) in [5, 5.41) is 12.6. The summed E-state index contributed by atoms with van der Waals surface area (Å²) in [6, 6.07) is 2.60. The molecule has 0 radical (unpaired) electrons. The number of anilines is 1. The lowest BCUT2D eigenvalue weighted by Gasteiger charge is -2.16. The molecule has 1 amide bonds. The molecule has 0 aliphatic heterocycles. The van der Waals surface area contributed by atoms with Gasteiger partial charge in [-0.2, -0.15) is 0 Å². The number of rotatable bonds is 9. The summed E-state index contributed by atoms with van der Waals surface area (Å²) in [5.74, 6) is -0.599. The molecule has 0 aliphatic rings. The molecule has 5 N–H and O–H groups in total. The SMILES string of the molecule is CNCC(=O)Nc1cc(F)c(/C(C=N)=C/N)cc1OCCN(C)C. The van der Waals surface area contributed by atoms with Crippen LogP contribution in [0.3, 0.4) is 0 Å². The fourth-order valence-corrected chi connectivity index (χ4v) is 1.90. The van der Waals surface area contributed by atoms with Gasteiger partial charge in [-0.05, 0) is 27.2 Å². The largest absolute Gasteiger partial charge is 0.490 e. The van der Waals surface area contributed by atoms with Crippen LogP contribution in [0.4, 0.5) is 10.1 Å². The van der Waals surface area contributed by atoms with Crippen molar-refractivity contribution >= 4 is 23.4 Å². The predicted molar refractivity (Wildman–Crippen MR) is 94.0 cm³/mol. The minimum absolute atomic E-state index is 0.0922. The van der Waals surface area contributed by atoms with Gasteiger partial charge in [-0.25, -0.2) is 4.39 Å². The van der Waals surface area contributed by atoms with Gasteiger partial charge < -0.3 is 31.4 Å². The van der Waals surface area contributed by atoms with E-state index >= 15 is 0 Å². The Kier molecular flexibility index (Phi) is 7.87. The maximum atomic E-state index is 14.3. The number of nitrogens with zero attached hydrogens (tertiary/aromatic N) is 1. The monoisotopic (exact) mass is 337 g/mol. The summed E-state index contributed by atoms with van der Waals surface area (Å²) in [6.45, 7) is 1.11. The van der Waals surface area contributed by atoms with E-state index < -0.39 is 5.82 Å². The molecule has 0 atom stereocenters. The quantitative estimate of drug-likeness (QED) is 0.501. The lowest BCUT2D eigenvalue weighted by molar-refractivity contribution is -0.115. The molecular weight excluding hydrogens is 313 g/mol. The summed E-state index contributed by atoms with van der Waals surface area (Å²) in [5.41, 5.74) is 6.02. The molecule has 0 heterocycles. The number of ether oxygens (including phenoxy) is 1. The van der Waals surface area contributed by atoms with Crippen molar-refractivity contribution in [2.24, 2.45) is 5.73 Å². The van der Waals surface area contributed by atoms with E-state index in [0.717, 1.165) is 12.4 Å². The Balaban J connectivity index is 3.17. The number of nitrogens with one attached hydrogen (secondary N) is 3. The first-order chi connectivity index (χ1) is 11.4. The van der Waals surface area contributed by atoms with Crippen LogP contribution < -0.4 is 21.1 Å². The number of hydrogen-bond acceptors (Lipinski definition) is 6. The van der Waals surface area contributed by atoms with Gasteiger partial charge in [-0.3, -0.25) is 4.79 Å². The van der Waals surface area contributed by atoms with Crippen LogP contribution in [0.5, 0.6) is 5.75 Å². The Morgan fingerprint density at radius 3 is 2.71 bits per heavy atom. The van der Waals surface area contributed by atoms with Gasteiger partial charge in [0.2, 0.25) is 5.91 Å². The van der Waals surface area contributed by atoms with Crippen LogP contribution in [-0.2, 0) is 4.79 Å². The van der Waals surface area contributed by atoms with Gasteiger partial charge in [0.15, 0.2) is 0 Å². The van der Waals surface area contributed by atoms with E-state index in [1.165, 1.54) is 12.1 Å². The predicted octanol–water partition coefficient (Wildman–Crippen LogP) is 0.873. The second-order valence-corrected chi connectivity index (χ2v) is 5.32. The van der Waals surface area contributed by atoms with Crippen LogP contribution in [0.2, 0.25) is 0 Å². The number of nitrogens with two attached hydrogens (primary N) is 1. The van der Waals surface area contributed by atoms with Gasteiger partial charge in [0.1, 0.15) is 18.2 Å². The van der Waals surface area contributed by atoms with Gasteiger partial charge in [-0.1, -0.05) is 0 Å². The second-order valence-electron chi connectivity index (χ2n) is 5.32. The lowest BCUT2D eigenvalue weighted by Crippen LogP contribution is -2.26. The van der Waals surface area contributed by atoms with E-state index in [2.05, 4.69) is 10.6 Å². The third-order valence-corrected chi connectivity index (χ3v) is 3.12. The Bertz CT molecular complexity index is 617. The van der Waals surface area contributed by atoms with Gasteiger partial charge in [0.25, 0.3) is 0 Å². The molecule has 0 saturated heterocycles. The smallest absolute Gasteiger partial charge is 0.238 e.